The molecule has 0 radical (unpaired) electrons. The monoisotopic (exact) mass is 341 g/mol. The van der Waals surface area contributed by atoms with Crippen LogP contribution in [0.2, 0.25) is 0 Å². The van der Waals surface area contributed by atoms with Crippen LogP contribution < -0.4 is 10.2 Å². The zero-order chi connectivity index (χ0) is 17.4. The number of nitrogens with one attached hydrogen (secondary N) is 1. The molecule has 7 nitrogen and oxygen atoms in total. The lowest BCUT2D eigenvalue weighted by molar-refractivity contribution is -0.118. The highest BCUT2D eigenvalue weighted by atomic mass is 32.2. The molecule has 122 valence electrons. The van der Waals surface area contributed by atoms with Crippen LogP contribution in [0.15, 0.2) is 40.6 Å². The van der Waals surface area contributed by atoms with Gasteiger partial charge in [-0.2, -0.15) is 5.10 Å². The van der Waals surface area contributed by atoms with Gasteiger partial charge in [-0.1, -0.05) is 23.9 Å². The third-order valence-electron chi connectivity index (χ3n) is 2.76. The topological polar surface area (TPSA) is 100 Å². The Bertz CT molecular complexity index is 781. The van der Waals surface area contributed by atoms with Gasteiger partial charge in [-0.05, 0) is 32.0 Å². The molecule has 0 unspecified atom stereocenters. The molecule has 2 rings (SSSR count). The fourth-order valence-corrected chi connectivity index (χ4v) is 2.57. The number of hydrogen-bond donors (Lipinski definition) is 1. The average molecular weight is 341 g/mol. The summed E-state index contributed by atoms with van der Waals surface area (Å²) in [4.78, 5) is 20.3. The van der Waals surface area contributed by atoms with E-state index in [1.807, 2.05) is 19.9 Å². The molecule has 0 bridgehead atoms. The molecule has 0 atom stereocenters. The Labute approximate surface area is 143 Å². The van der Waals surface area contributed by atoms with E-state index in [2.05, 4.69) is 20.5 Å². The van der Waals surface area contributed by atoms with E-state index in [0.717, 1.165) is 11.4 Å². The molecule has 0 aliphatic heterocycles. The van der Waals surface area contributed by atoms with Gasteiger partial charge in [0.2, 0.25) is 0 Å². The molecular formula is C16H15N5O2S. The number of rotatable bonds is 6. The van der Waals surface area contributed by atoms with Crippen molar-refractivity contribution in [2.75, 3.05) is 5.75 Å². The van der Waals surface area contributed by atoms with Crippen molar-refractivity contribution in [2.24, 2.45) is 5.10 Å². The number of ether oxygens (including phenoxy) is 1. The minimum atomic E-state index is -0.280. The van der Waals surface area contributed by atoms with E-state index >= 15 is 0 Å². The van der Waals surface area contributed by atoms with Crippen molar-refractivity contribution >= 4 is 23.9 Å². The van der Waals surface area contributed by atoms with E-state index in [1.54, 1.807) is 30.5 Å². The fraction of sp³-hybridized carbons (Fsp3) is 0.188. The normalized spacial score (nSPS) is 10.4. The van der Waals surface area contributed by atoms with Gasteiger partial charge in [0.1, 0.15) is 0 Å². The van der Waals surface area contributed by atoms with E-state index < -0.39 is 0 Å². The Morgan fingerprint density at radius 1 is 1.38 bits per heavy atom. The maximum atomic E-state index is 11.8. The zero-order valence-corrected chi connectivity index (χ0v) is 14.0. The molecule has 1 aromatic carbocycles. The number of carbonyl (C=O) groups is 1. The number of aromatic nitrogens is 2. The highest BCUT2D eigenvalue weighted by Gasteiger charge is 2.05. The van der Waals surface area contributed by atoms with Crippen LogP contribution in [-0.4, -0.2) is 27.8 Å². The summed E-state index contributed by atoms with van der Waals surface area (Å²) in [6.07, 6.45) is 3.02. The fourth-order valence-electron chi connectivity index (χ4n) is 1.82. The van der Waals surface area contributed by atoms with Gasteiger partial charge in [-0.3, -0.25) is 4.79 Å². The van der Waals surface area contributed by atoms with Crippen molar-refractivity contribution < 1.29 is 9.53 Å². The van der Waals surface area contributed by atoms with Crippen LogP contribution in [0.5, 0.6) is 5.75 Å². The van der Waals surface area contributed by atoms with E-state index in [1.165, 1.54) is 18.0 Å². The second-order valence-corrected chi connectivity index (χ2v) is 5.69. The summed E-state index contributed by atoms with van der Waals surface area (Å²) >= 11 is 1.24. The number of hydrogen-bond acceptors (Lipinski definition) is 7. The predicted octanol–water partition coefficient (Wildman–Crippen LogP) is 2.20. The second-order valence-electron chi connectivity index (χ2n) is 4.75. The minimum Gasteiger partial charge on any atom is -0.387 e. The van der Waals surface area contributed by atoms with Crippen LogP contribution in [-0.2, 0) is 4.79 Å². The summed E-state index contributed by atoms with van der Waals surface area (Å²) in [5, 5.41) is 13.0. The number of aryl methyl sites for hydroxylation is 2. The molecule has 0 spiro atoms. The summed E-state index contributed by atoms with van der Waals surface area (Å²) in [5.74, 6) is 0.241. The lowest BCUT2D eigenvalue weighted by Crippen LogP contribution is -2.19. The number of hydrazone groups is 1. The molecule has 2 aromatic rings. The number of amides is 1. The molecule has 1 N–H and O–H groups in total. The quantitative estimate of drug-likeness (QED) is 0.284. The molecule has 1 heterocycles. The van der Waals surface area contributed by atoms with Crippen LogP contribution in [0.1, 0.15) is 17.0 Å². The molecular weight excluding hydrogens is 326 g/mol. The van der Waals surface area contributed by atoms with Gasteiger partial charge in [0.15, 0.2) is 10.9 Å². The molecule has 0 saturated heterocycles. The summed E-state index contributed by atoms with van der Waals surface area (Å²) in [7, 11) is 0. The van der Waals surface area contributed by atoms with Crippen LogP contribution >= 0.6 is 11.8 Å². The third kappa shape index (κ3) is 5.37. The summed E-state index contributed by atoms with van der Waals surface area (Å²) in [5.41, 5.74) is 4.72. The van der Waals surface area contributed by atoms with Crippen molar-refractivity contribution in [3.63, 3.8) is 0 Å². The summed E-state index contributed by atoms with van der Waals surface area (Å²) in [6, 6.07) is 8.75. The number of carbonyl (C=O) groups excluding carboxylic acids is 1. The zero-order valence-electron chi connectivity index (χ0n) is 13.2. The lowest BCUT2D eigenvalue weighted by atomic mass is 10.2. The average Bonchev–Trinajstić information content (AvgIpc) is 2.54. The first-order valence-corrected chi connectivity index (χ1v) is 7.99. The van der Waals surface area contributed by atoms with Crippen LogP contribution in [0.25, 0.3) is 0 Å². The van der Waals surface area contributed by atoms with Crippen molar-refractivity contribution in [1.82, 2.24) is 15.4 Å². The first-order chi connectivity index (χ1) is 11.6. The minimum absolute atomic E-state index is 0.149. The highest BCUT2D eigenvalue weighted by Crippen LogP contribution is 2.15. The third-order valence-corrected chi connectivity index (χ3v) is 3.61. The SMILES string of the molecule is Cc1cc(C)nc(SCC(=O)N/N=C\c2ccccc2OC#N)n1. The van der Waals surface area contributed by atoms with E-state index in [0.29, 0.717) is 16.5 Å². The standard InChI is InChI=1S/C16H15N5O2S/c1-11-7-12(2)20-16(19-11)24-9-15(22)21-18-8-13-5-3-4-6-14(13)23-10-17/h3-8H,9H2,1-2H3,(H,21,22)/b18-8-. The van der Waals surface area contributed by atoms with E-state index in [4.69, 9.17) is 10.00 Å². The van der Waals surface area contributed by atoms with Gasteiger partial charge in [0.25, 0.3) is 12.2 Å². The number of thioether (sulfide) groups is 1. The van der Waals surface area contributed by atoms with Crippen molar-refractivity contribution in [1.29, 1.82) is 5.26 Å². The first-order valence-electron chi connectivity index (χ1n) is 7.00. The first kappa shape index (κ1) is 17.4. The van der Waals surface area contributed by atoms with Crippen molar-refractivity contribution in [3.05, 3.63) is 47.3 Å². The van der Waals surface area contributed by atoms with Gasteiger partial charge < -0.3 is 4.74 Å². The smallest absolute Gasteiger partial charge is 0.292 e. The van der Waals surface area contributed by atoms with E-state index in [9.17, 15) is 4.79 Å². The van der Waals surface area contributed by atoms with Gasteiger partial charge in [-0.15, -0.1) is 5.26 Å². The number of benzene rings is 1. The number of para-hydroxylation sites is 1. The largest absolute Gasteiger partial charge is 0.387 e. The number of nitriles is 1. The second kappa shape index (κ2) is 8.64. The Morgan fingerprint density at radius 3 is 2.79 bits per heavy atom. The maximum Gasteiger partial charge on any atom is 0.292 e. The van der Waals surface area contributed by atoms with Gasteiger partial charge in [0, 0.05) is 17.0 Å². The van der Waals surface area contributed by atoms with Gasteiger partial charge in [0.05, 0.1) is 12.0 Å². The van der Waals surface area contributed by atoms with Crippen LogP contribution in [0.3, 0.4) is 0 Å². The Balaban J connectivity index is 1.88. The molecule has 1 aromatic heterocycles. The van der Waals surface area contributed by atoms with Gasteiger partial charge in [-0.25, -0.2) is 15.4 Å². The molecule has 1 amide bonds. The van der Waals surface area contributed by atoms with Crippen LogP contribution in [0, 0.1) is 25.4 Å². The molecule has 0 saturated carbocycles. The molecule has 24 heavy (non-hydrogen) atoms. The molecule has 8 heteroatoms. The molecule has 0 aliphatic carbocycles. The lowest BCUT2D eigenvalue weighted by Gasteiger charge is -2.03. The summed E-state index contributed by atoms with van der Waals surface area (Å²) < 4.78 is 4.80. The van der Waals surface area contributed by atoms with Crippen molar-refractivity contribution in [3.8, 4) is 12.0 Å². The Kier molecular flexibility index (Phi) is 6.28. The molecule has 0 aliphatic rings. The van der Waals surface area contributed by atoms with Gasteiger partial charge >= 0.3 is 0 Å². The Hall–Kier alpha value is -2.92. The van der Waals surface area contributed by atoms with Crippen LogP contribution in [0.4, 0.5) is 0 Å². The number of nitrogens with zero attached hydrogens (tertiary/aromatic N) is 4. The predicted molar refractivity (Wildman–Crippen MR) is 90.6 cm³/mol. The van der Waals surface area contributed by atoms with Crippen molar-refractivity contribution in [2.45, 2.75) is 19.0 Å². The maximum absolute atomic E-state index is 11.8. The summed E-state index contributed by atoms with van der Waals surface area (Å²) in [6.45, 7) is 3.76. The highest BCUT2D eigenvalue weighted by molar-refractivity contribution is 7.99. The Morgan fingerprint density at radius 2 is 2.08 bits per heavy atom. The van der Waals surface area contributed by atoms with E-state index in [-0.39, 0.29) is 11.7 Å². The molecule has 0 fully saturated rings.